The molecule has 2 heterocycles. The molecule has 5 heteroatoms. The average molecular weight is 329 g/mol. The molecule has 4 rings (SSSR count). The molecule has 0 unspecified atom stereocenters. The summed E-state index contributed by atoms with van der Waals surface area (Å²) in [5.41, 5.74) is 4.15. The largest absolute Gasteiger partial charge is 0.364 e. The Morgan fingerprint density at radius 3 is 2.52 bits per heavy atom. The summed E-state index contributed by atoms with van der Waals surface area (Å²) in [5, 5.41) is 13.2. The molecular formula is C20H19N5. The quantitative estimate of drug-likeness (QED) is 0.614. The lowest BCUT2D eigenvalue weighted by atomic mass is 10.2. The lowest BCUT2D eigenvalue weighted by molar-refractivity contribution is 0.835. The van der Waals surface area contributed by atoms with E-state index in [4.69, 9.17) is 4.98 Å². The van der Waals surface area contributed by atoms with Crippen LogP contribution >= 0.6 is 0 Å². The van der Waals surface area contributed by atoms with Crippen molar-refractivity contribution in [2.45, 2.75) is 20.4 Å². The Morgan fingerprint density at radius 1 is 0.920 bits per heavy atom. The highest BCUT2D eigenvalue weighted by atomic mass is 15.3. The average Bonchev–Trinajstić information content (AvgIpc) is 2.98. The highest BCUT2D eigenvalue weighted by molar-refractivity contribution is 5.82. The third-order valence-corrected chi connectivity index (χ3v) is 4.24. The standard InChI is InChI=1S/C20H19N5/c1-14-12-17-10-6-7-11-18(17)25(14)20-22-19(15(2)23-24-20)21-13-16-8-4-3-5-9-16/h3-12H,13H2,1-2H3,(H,21,22,24). The van der Waals surface area contributed by atoms with Crippen LogP contribution in [0.5, 0.6) is 0 Å². The number of fused-ring (bicyclic) bond motifs is 1. The van der Waals surface area contributed by atoms with Gasteiger partial charge >= 0.3 is 0 Å². The van der Waals surface area contributed by atoms with Crippen LogP contribution in [0, 0.1) is 13.8 Å². The Balaban J connectivity index is 1.70. The first-order valence-corrected chi connectivity index (χ1v) is 8.29. The van der Waals surface area contributed by atoms with E-state index < -0.39 is 0 Å². The van der Waals surface area contributed by atoms with Crippen LogP contribution in [0.15, 0.2) is 60.7 Å². The molecule has 2 aromatic carbocycles. The van der Waals surface area contributed by atoms with Gasteiger partial charge in [-0.25, -0.2) is 0 Å². The SMILES string of the molecule is Cc1nnc(-n2c(C)cc3ccccc32)nc1NCc1ccccc1. The van der Waals surface area contributed by atoms with Gasteiger partial charge in [0.05, 0.1) is 5.52 Å². The van der Waals surface area contributed by atoms with Crippen LogP contribution in [0.1, 0.15) is 17.0 Å². The van der Waals surface area contributed by atoms with E-state index in [0.29, 0.717) is 12.5 Å². The van der Waals surface area contributed by atoms with Gasteiger partial charge in [0.25, 0.3) is 5.95 Å². The van der Waals surface area contributed by atoms with Crippen molar-refractivity contribution in [2.75, 3.05) is 5.32 Å². The molecule has 0 saturated heterocycles. The predicted octanol–water partition coefficient (Wildman–Crippen LogP) is 4.04. The minimum Gasteiger partial charge on any atom is -0.364 e. The summed E-state index contributed by atoms with van der Waals surface area (Å²) in [4.78, 5) is 4.72. The summed E-state index contributed by atoms with van der Waals surface area (Å²) in [6.07, 6.45) is 0. The van der Waals surface area contributed by atoms with E-state index in [0.717, 1.165) is 22.7 Å². The van der Waals surface area contributed by atoms with E-state index in [9.17, 15) is 0 Å². The molecular weight excluding hydrogens is 310 g/mol. The lowest BCUT2D eigenvalue weighted by Crippen LogP contribution is -2.10. The molecule has 0 bridgehead atoms. The van der Waals surface area contributed by atoms with Crippen molar-refractivity contribution < 1.29 is 0 Å². The maximum atomic E-state index is 4.72. The van der Waals surface area contributed by atoms with E-state index in [2.05, 4.69) is 52.8 Å². The summed E-state index contributed by atoms with van der Waals surface area (Å²) in [6, 6.07) is 20.6. The monoisotopic (exact) mass is 329 g/mol. The Labute approximate surface area is 146 Å². The Morgan fingerprint density at radius 2 is 1.68 bits per heavy atom. The first kappa shape index (κ1) is 15.3. The molecule has 0 fully saturated rings. The molecule has 5 nitrogen and oxygen atoms in total. The minimum absolute atomic E-state index is 0.583. The van der Waals surface area contributed by atoms with Gasteiger partial charge in [-0.2, -0.15) is 4.98 Å². The molecule has 0 saturated carbocycles. The number of para-hydroxylation sites is 1. The Hall–Kier alpha value is -3.21. The minimum atomic E-state index is 0.583. The van der Waals surface area contributed by atoms with Crippen LogP contribution in [0.2, 0.25) is 0 Å². The number of hydrogen-bond acceptors (Lipinski definition) is 4. The van der Waals surface area contributed by atoms with E-state index in [1.54, 1.807) is 0 Å². The second-order valence-corrected chi connectivity index (χ2v) is 6.06. The number of nitrogens with zero attached hydrogens (tertiary/aromatic N) is 4. The summed E-state index contributed by atoms with van der Waals surface area (Å²) in [5.74, 6) is 1.34. The van der Waals surface area contributed by atoms with Gasteiger partial charge in [0.1, 0.15) is 5.69 Å². The maximum Gasteiger partial charge on any atom is 0.256 e. The van der Waals surface area contributed by atoms with Crippen molar-refractivity contribution in [3.05, 3.63) is 77.6 Å². The van der Waals surface area contributed by atoms with E-state index in [-0.39, 0.29) is 0 Å². The first-order valence-electron chi connectivity index (χ1n) is 8.29. The molecule has 0 radical (unpaired) electrons. The summed E-state index contributed by atoms with van der Waals surface area (Å²) in [7, 11) is 0. The Bertz CT molecular complexity index is 1020. The predicted molar refractivity (Wildman–Crippen MR) is 99.9 cm³/mol. The van der Waals surface area contributed by atoms with Gasteiger partial charge in [0, 0.05) is 17.6 Å². The highest BCUT2D eigenvalue weighted by Crippen LogP contribution is 2.22. The third-order valence-electron chi connectivity index (χ3n) is 4.24. The van der Waals surface area contributed by atoms with Crippen LogP contribution in [0.3, 0.4) is 0 Å². The Kier molecular flexibility index (Phi) is 3.90. The molecule has 0 atom stereocenters. The molecule has 0 aliphatic rings. The molecule has 25 heavy (non-hydrogen) atoms. The number of anilines is 1. The van der Waals surface area contributed by atoms with Gasteiger partial charge in [0.2, 0.25) is 0 Å². The molecule has 0 spiro atoms. The summed E-state index contributed by atoms with van der Waals surface area (Å²) < 4.78 is 2.04. The summed E-state index contributed by atoms with van der Waals surface area (Å²) >= 11 is 0. The fourth-order valence-corrected chi connectivity index (χ4v) is 2.97. The van der Waals surface area contributed by atoms with Crippen molar-refractivity contribution in [1.82, 2.24) is 19.7 Å². The van der Waals surface area contributed by atoms with Gasteiger partial charge in [-0.15, -0.1) is 10.2 Å². The maximum absolute atomic E-state index is 4.72. The summed E-state index contributed by atoms with van der Waals surface area (Å²) in [6.45, 7) is 4.67. The van der Waals surface area contributed by atoms with Gasteiger partial charge in [-0.3, -0.25) is 4.57 Å². The van der Waals surface area contributed by atoms with Gasteiger partial charge in [0.15, 0.2) is 5.82 Å². The normalized spacial score (nSPS) is 11.0. The number of nitrogens with one attached hydrogen (secondary N) is 1. The van der Waals surface area contributed by atoms with Gasteiger partial charge < -0.3 is 5.32 Å². The molecule has 1 N–H and O–H groups in total. The van der Waals surface area contributed by atoms with Crippen LogP contribution in [0.4, 0.5) is 5.82 Å². The van der Waals surface area contributed by atoms with Crippen molar-refractivity contribution in [3.63, 3.8) is 0 Å². The number of aryl methyl sites for hydroxylation is 2. The highest BCUT2D eigenvalue weighted by Gasteiger charge is 2.12. The van der Waals surface area contributed by atoms with E-state index >= 15 is 0 Å². The fourth-order valence-electron chi connectivity index (χ4n) is 2.97. The number of hydrogen-bond donors (Lipinski definition) is 1. The second-order valence-electron chi connectivity index (χ2n) is 6.06. The van der Waals surface area contributed by atoms with E-state index in [1.165, 1.54) is 10.9 Å². The lowest BCUT2D eigenvalue weighted by Gasteiger charge is -2.11. The van der Waals surface area contributed by atoms with E-state index in [1.807, 2.05) is 41.8 Å². The zero-order valence-corrected chi connectivity index (χ0v) is 14.3. The second kappa shape index (κ2) is 6.36. The molecule has 0 aliphatic carbocycles. The molecule has 4 aromatic rings. The smallest absolute Gasteiger partial charge is 0.256 e. The van der Waals surface area contributed by atoms with Crippen LogP contribution in [-0.2, 0) is 6.54 Å². The van der Waals surface area contributed by atoms with Crippen LogP contribution < -0.4 is 5.32 Å². The van der Waals surface area contributed by atoms with Crippen LogP contribution in [0.25, 0.3) is 16.9 Å². The van der Waals surface area contributed by atoms with Crippen LogP contribution in [-0.4, -0.2) is 19.7 Å². The number of rotatable bonds is 4. The molecule has 0 aliphatic heterocycles. The van der Waals surface area contributed by atoms with Gasteiger partial charge in [-0.1, -0.05) is 48.5 Å². The fraction of sp³-hybridized carbons (Fsp3) is 0.150. The number of benzene rings is 2. The van der Waals surface area contributed by atoms with Gasteiger partial charge in [-0.05, 0) is 31.5 Å². The van der Waals surface area contributed by atoms with Crippen molar-refractivity contribution in [2.24, 2.45) is 0 Å². The third kappa shape index (κ3) is 2.96. The molecule has 124 valence electrons. The molecule has 0 amide bonds. The topological polar surface area (TPSA) is 55.6 Å². The zero-order valence-electron chi connectivity index (χ0n) is 14.3. The number of aromatic nitrogens is 4. The first-order chi connectivity index (χ1) is 12.2. The van der Waals surface area contributed by atoms with Crippen molar-refractivity contribution >= 4 is 16.7 Å². The molecule has 2 aromatic heterocycles. The zero-order chi connectivity index (χ0) is 17.2. The van der Waals surface area contributed by atoms with Crippen molar-refractivity contribution in [3.8, 4) is 5.95 Å². The van der Waals surface area contributed by atoms with Crippen molar-refractivity contribution in [1.29, 1.82) is 0 Å².